The summed E-state index contributed by atoms with van der Waals surface area (Å²) in [5.41, 5.74) is -0.517. The molecule has 1 heterocycles. The molecule has 127 valence electrons. The van der Waals surface area contributed by atoms with Crippen LogP contribution in [0.4, 0.5) is 8.78 Å². The van der Waals surface area contributed by atoms with E-state index < -0.39 is 11.6 Å². The summed E-state index contributed by atoms with van der Waals surface area (Å²) < 4.78 is 40.5. The third-order valence-corrected chi connectivity index (χ3v) is 3.95. The van der Waals surface area contributed by atoms with Crippen LogP contribution in [0, 0.1) is 21.3 Å². The summed E-state index contributed by atoms with van der Waals surface area (Å²) in [5.74, 6) is -1.55. The number of pyridine rings is 1. The quantitative estimate of drug-likeness (QED) is 0.332. The van der Waals surface area contributed by atoms with Crippen molar-refractivity contribution in [2.24, 2.45) is 0 Å². The molecule has 0 saturated heterocycles. The normalized spacial score (nSPS) is 10.4. The Hall–Kier alpha value is -0.376. The van der Waals surface area contributed by atoms with Gasteiger partial charge in [-0.3, -0.25) is 4.79 Å². The molecule has 0 spiro atoms. The summed E-state index contributed by atoms with van der Waals surface area (Å²) in [6.07, 6.45) is 0. The molecule has 0 unspecified atom stereocenters. The minimum absolute atomic E-state index is 0. The molecule has 0 aliphatic rings. The fraction of sp³-hybridized carbons (Fsp3) is 0.312. The maximum atomic E-state index is 14.4. The van der Waals surface area contributed by atoms with Gasteiger partial charge in [0.05, 0.1) is 18.2 Å². The number of aromatic nitrogens is 1. The van der Waals surface area contributed by atoms with E-state index in [1.807, 2.05) is 22.6 Å². The van der Waals surface area contributed by atoms with Gasteiger partial charge in [0.15, 0.2) is 0 Å². The van der Waals surface area contributed by atoms with E-state index in [0.29, 0.717) is 10.2 Å². The van der Waals surface area contributed by atoms with Crippen LogP contribution in [-0.2, 0) is 44.0 Å². The van der Waals surface area contributed by atoms with Crippen LogP contribution >= 0.6 is 22.6 Å². The van der Waals surface area contributed by atoms with Crippen LogP contribution < -0.4 is 10.3 Å². The summed E-state index contributed by atoms with van der Waals surface area (Å²) in [6.45, 7) is 2.51. The number of hydrogen-bond donors (Lipinski definition) is 0. The van der Waals surface area contributed by atoms with Gasteiger partial charge in [-0.2, -0.15) is 12.1 Å². The monoisotopic (exact) mass is 523 g/mol. The van der Waals surface area contributed by atoms with Crippen LogP contribution in [0.3, 0.4) is 0 Å². The molecule has 2 aromatic rings. The number of methoxy groups -OCH3 is 1. The van der Waals surface area contributed by atoms with Gasteiger partial charge in [0, 0.05) is 58.5 Å². The van der Waals surface area contributed by atoms with Gasteiger partial charge in [0.25, 0.3) is 0 Å². The van der Waals surface area contributed by atoms with Crippen LogP contribution in [0.2, 0.25) is 0 Å². The van der Waals surface area contributed by atoms with Gasteiger partial charge >= 0.3 is 0 Å². The topological polar surface area (TPSA) is 40.5 Å². The van der Waals surface area contributed by atoms with Gasteiger partial charge in [0.1, 0.15) is 12.4 Å². The van der Waals surface area contributed by atoms with Crippen LogP contribution in [0.5, 0.6) is 5.75 Å². The first-order valence-corrected chi connectivity index (χ1v) is 7.99. The summed E-state index contributed by atoms with van der Waals surface area (Å²) in [6, 6.07) is 6.38. The molecule has 0 N–H and O–H groups in total. The summed E-state index contributed by atoms with van der Waals surface area (Å²) in [4.78, 5) is 12.1. The zero-order valence-corrected chi connectivity index (χ0v) is 18.2. The van der Waals surface area contributed by atoms with E-state index in [1.54, 1.807) is 6.92 Å². The Bertz CT molecular complexity index is 744. The van der Waals surface area contributed by atoms with Crippen molar-refractivity contribution in [3.63, 3.8) is 0 Å². The van der Waals surface area contributed by atoms with E-state index in [-0.39, 0.29) is 68.4 Å². The van der Waals surface area contributed by atoms with Crippen molar-refractivity contribution in [3.05, 3.63) is 49.8 Å². The van der Waals surface area contributed by atoms with Crippen LogP contribution in [0.15, 0.2) is 23.0 Å². The Morgan fingerprint density at radius 3 is 2.42 bits per heavy atom. The molecule has 24 heavy (non-hydrogen) atoms. The molecular formula is C16H15F2INO3Y-. The molecule has 2 rings (SSSR count). The molecule has 0 bridgehead atoms. The van der Waals surface area contributed by atoms with E-state index in [4.69, 9.17) is 9.47 Å². The van der Waals surface area contributed by atoms with E-state index in [0.717, 1.165) is 12.1 Å². The minimum Gasteiger partial charge on any atom is -0.491 e. The molecular weight excluding hydrogens is 508 g/mol. The van der Waals surface area contributed by atoms with Crippen LogP contribution in [0.25, 0.3) is 11.3 Å². The molecule has 8 heteroatoms. The van der Waals surface area contributed by atoms with Crippen molar-refractivity contribution < 1.29 is 51.0 Å². The van der Waals surface area contributed by atoms with Crippen molar-refractivity contribution in [1.29, 1.82) is 0 Å². The van der Waals surface area contributed by atoms with E-state index in [2.05, 4.69) is 6.07 Å². The SMILES string of the molecule is CCn1c(-c2c(F)cc(OCCOC)cc2F)[c-]cc(I)c1=O.[Y]. The summed E-state index contributed by atoms with van der Waals surface area (Å²) in [7, 11) is 1.50. The number of nitrogens with zero attached hydrogens (tertiary/aromatic N) is 1. The fourth-order valence-corrected chi connectivity index (χ4v) is 2.56. The second kappa shape index (κ2) is 9.94. The van der Waals surface area contributed by atoms with Gasteiger partial charge in [-0.05, 0) is 16.1 Å². The minimum atomic E-state index is -0.809. The number of hydrogen-bond acceptors (Lipinski definition) is 3. The summed E-state index contributed by atoms with van der Waals surface area (Å²) in [5, 5.41) is 0. The van der Waals surface area contributed by atoms with Crippen molar-refractivity contribution in [1.82, 2.24) is 4.57 Å². The molecule has 0 amide bonds. The predicted octanol–water partition coefficient (Wildman–Crippen LogP) is 3.24. The zero-order valence-electron chi connectivity index (χ0n) is 13.2. The third-order valence-electron chi connectivity index (χ3n) is 3.18. The Kier molecular flexibility index (Phi) is 8.97. The molecule has 0 aliphatic heterocycles. The van der Waals surface area contributed by atoms with Crippen molar-refractivity contribution in [2.45, 2.75) is 13.5 Å². The van der Waals surface area contributed by atoms with Crippen LogP contribution in [-0.4, -0.2) is 24.9 Å². The standard InChI is InChI=1S/C16H15F2INO3.Y/c1-3-20-14(5-4-13(19)16(20)21)15-11(17)8-10(9-12(15)18)23-7-6-22-2;/h4,8-9H,3,6-7H2,1-2H3;/q-1;. The predicted molar refractivity (Wildman–Crippen MR) is 90.7 cm³/mol. The average Bonchev–Trinajstić information content (AvgIpc) is 2.50. The van der Waals surface area contributed by atoms with Gasteiger partial charge in [-0.1, -0.05) is 5.69 Å². The maximum absolute atomic E-state index is 14.4. The Morgan fingerprint density at radius 2 is 1.88 bits per heavy atom. The third kappa shape index (κ3) is 4.83. The van der Waals surface area contributed by atoms with Crippen LogP contribution in [0.1, 0.15) is 6.92 Å². The van der Waals surface area contributed by atoms with E-state index in [1.165, 1.54) is 17.7 Å². The molecule has 1 aromatic heterocycles. The Morgan fingerprint density at radius 1 is 1.25 bits per heavy atom. The molecule has 1 radical (unpaired) electrons. The average molecular weight is 523 g/mol. The summed E-state index contributed by atoms with van der Waals surface area (Å²) >= 11 is 1.87. The van der Waals surface area contributed by atoms with Crippen molar-refractivity contribution in [2.75, 3.05) is 20.3 Å². The van der Waals surface area contributed by atoms with Gasteiger partial charge in [-0.25, -0.2) is 8.78 Å². The molecule has 0 fully saturated rings. The molecule has 4 nitrogen and oxygen atoms in total. The maximum Gasteiger partial charge on any atom is 0.207 e. The van der Waals surface area contributed by atoms with Crippen molar-refractivity contribution in [3.8, 4) is 17.0 Å². The Balaban J connectivity index is 0.00000288. The van der Waals surface area contributed by atoms with Gasteiger partial charge in [0.2, 0.25) is 5.56 Å². The number of rotatable bonds is 6. The second-order valence-corrected chi connectivity index (χ2v) is 5.80. The smallest absolute Gasteiger partial charge is 0.207 e. The first kappa shape index (κ1) is 21.7. The first-order chi connectivity index (χ1) is 11.0. The molecule has 1 aromatic carbocycles. The second-order valence-electron chi connectivity index (χ2n) is 4.64. The molecule has 0 aliphatic carbocycles. The van der Waals surface area contributed by atoms with E-state index in [9.17, 15) is 13.6 Å². The Labute approximate surface area is 177 Å². The number of ether oxygens (including phenoxy) is 2. The largest absolute Gasteiger partial charge is 0.491 e. The first-order valence-electron chi connectivity index (χ1n) is 6.91. The number of halogens is 3. The number of benzene rings is 1. The molecule has 0 atom stereocenters. The van der Waals surface area contributed by atoms with Gasteiger partial charge < -0.3 is 14.0 Å². The van der Waals surface area contributed by atoms with E-state index >= 15 is 0 Å². The fourth-order valence-electron chi connectivity index (χ4n) is 2.11. The van der Waals surface area contributed by atoms with Gasteiger partial charge in [-0.15, -0.1) is 22.6 Å². The van der Waals surface area contributed by atoms with Crippen molar-refractivity contribution >= 4 is 22.6 Å². The molecule has 0 saturated carbocycles. The zero-order chi connectivity index (χ0) is 17.0.